The van der Waals surface area contributed by atoms with Gasteiger partial charge in [-0.25, -0.2) is 8.78 Å². The summed E-state index contributed by atoms with van der Waals surface area (Å²) in [7, 11) is 0. The summed E-state index contributed by atoms with van der Waals surface area (Å²) in [6, 6.07) is 10.7. The Labute approximate surface area is 146 Å². The van der Waals surface area contributed by atoms with Crippen molar-refractivity contribution in [2.45, 2.75) is 31.8 Å². The minimum atomic E-state index is -0.809. The van der Waals surface area contributed by atoms with E-state index < -0.39 is 11.6 Å². The van der Waals surface area contributed by atoms with Gasteiger partial charge in [-0.15, -0.1) is 0 Å². The molecule has 132 valence electrons. The second kappa shape index (κ2) is 7.00. The molecule has 0 amide bonds. The molecule has 1 atom stereocenters. The van der Waals surface area contributed by atoms with Crippen LogP contribution in [0.25, 0.3) is 0 Å². The molecule has 0 saturated carbocycles. The summed E-state index contributed by atoms with van der Waals surface area (Å²) >= 11 is 0. The molecule has 3 nitrogen and oxygen atoms in total. The predicted octanol–water partition coefficient (Wildman–Crippen LogP) is 3.98. The number of hydrogen-bond donors (Lipinski definition) is 1. The van der Waals surface area contributed by atoms with Gasteiger partial charge in [0, 0.05) is 37.3 Å². The van der Waals surface area contributed by atoms with Crippen molar-refractivity contribution in [3.05, 3.63) is 59.2 Å². The van der Waals surface area contributed by atoms with Gasteiger partial charge in [0.15, 0.2) is 11.6 Å². The van der Waals surface area contributed by atoms with Gasteiger partial charge in [0.05, 0.1) is 6.61 Å². The molecule has 2 aromatic rings. The van der Waals surface area contributed by atoms with E-state index in [1.807, 2.05) is 0 Å². The van der Waals surface area contributed by atoms with Gasteiger partial charge >= 0.3 is 0 Å². The topological polar surface area (TPSA) is 24.5 Å². The Hall–Kier alpha value is -2.14. The smallest absolute Gasteiger partial charge is 0.160 e. The van der Waals surface area contributed by atoms with Gasteiger partial charge in [0.25, 0.3) is 0 Å². The van der Waals surface area contributed by atoms with Crippen molar-refractivity contribution in [2.24, 2.45) is 0 Å². The maximum absolute atomic E-state index is 13.4. The molecule has 0 aromatic heterocycles. The fourth-order valence-corrected chi connectivity index (χ4v) is 3.74. The van der Waals surface area contributed by atoms with Crippen LogP contribution in [0.5, 0.6) is 5.75 Å². The van der Waals surface area contributed by atoms with E-state index in [4.69, 9.17) is 4.74 Å². The number of piperidine rings is 1. The molecule has 0 aliphatic carbocycles. The van der Waals surface area contributed by atoms with Crippen molar-refractivity contribution in [3.8, 4) is 5.75 Å². The largest absolute Gasteiger partial charge is 0.493 e. The fraction of sp³-hybridized carbons (Fsp3) is 0.400. The van der Waals surface area contributed by atoms with E-state index in [0.717, 1.165) is 51.3 Å². The lowest BCUT2D eigenvalue weighted by molar-refractivity contribution is 0.208. The van der Waals surface area contributed by atoms with Crippen LogP contribution in [0.4, 0.5) is 14.5 Å². The number of halogens is 2. The van der Waals surface area contributed by atoms with Gasteiger partial charge in [0.2, 0.25) is 0 Å². The van der Waals surface area contributed by atoms with Crippen LogP contribution >= 0.6 is 0 Å². The van der Waals surface area contributed by atoms with Crippen LogP contribution in [-0.2, 0) is 13.0 Å². The van der Waals surface area contributed by atoms with E-state index in [9.17, 15) is 8.78 Å². The quantitative estimate of drug-likeness (QED) is 0.908. The third kappa shape index (κ3) is 3.76. The second-order valence-electron chi connectivity index (χ2n) is 6.89. The standard InChI is InChI=1S/C20H22F2N2O/c21-18-5-4-16(11-19(18)22)23-17-2-1-8-24(13-17)12-14-3-6-20-15(10-14)7-9-25-20/h3-6,10-11,17,23H,1-2,7-9,12-13H2/t17-/m0/s1. The zero-order valence-corrected chi connectivity index (χ0v) is 14.1. The summed E-state index contributed by atoms with van der Waals surface area (Å²) in [6.07, 6.45) is 3.12. The minimum Gasteiger partial charge on any atom is -0.493 e. The predicted molar refractivity (Wildman–Crippen MR) is 93.9 cm³/mol. The Bertz CT molecular complexity index is 765. The molecular weight excluding hydrogens is 322 g/mol. The lowest BCUT2D eigenvalue weighted by Crippen LogP contribution is -2.41. The number of hydrogen-bond acceptors (Lipinski definition) is 3. The molecule has 2 aliphatic heterocycles. The molecule has 2 aromatic carbocycles. The maximum atomic E-state index is 13.4. The lowest BCUT2D eigenvalue weighted by atomic mass is 10.0. The van der Waals surface area contributed by atoms with E-state index in [1.54, 1.807) is 6.07 Å². The number of likely N-dealkylation sites (tertiary alicyclic amines) is 1. The molecule has 0 radical (unpaired) electrons. The first-order valence-corrected chi connectivity index (χ1v) is 8.86. The monoisotopic (exact) mass is 344 g/mol. The van der Waals surface area contributed by atoms with Gasteiger partial charge in [-0.1, -0.05) is 12.1 Å². The molecule has 2 aliphatic rings. The molecule has 0 unspecified atom stereocenters. The number of nitrogens with one attached hydrogen (secondary N) is 1. The highest BCUT2D eigenvalue weighted by atomic mass is 19.2. The fourth-order valence-electron chi connectivity index (χ4n) is 3.74. The first-order valence-electron chi connectivity index (χ1n) is 8.86. The zero-order valence-electron chi connectivity index (χ0n) is 14.1. The Kier molecular flexibility index (Phi) is 4.57. The Morgan fingerprint density at radius 1 is 1.12 bits per heavy atom. The van der Waals surface area contributed by atoms with Crippen molar-refractivity contribution >= 4 is 5.69 Å². The first kappa shape index (κ1) is 16.3. The average Bonchev–Trinajstić information content (AvgIpc) is 3.06. The summed E-state index contributed by atoms with van der Waals surface area (Å²) in [4.78, 5) is 2.42. The Morgan fingerprint density at radius 3 is 2.92 bits per heavy atom. The van der Waals surface area contributed by atoms with Crippen LogP contribution in [0.15, 0.2) is 36.4 Å². The number of ether oxygens (including phenoxy) is 1. The summed E-state index contributed by atoms with van der Waals surface area (Å²) in [5.74, 6) is -0.602. The maximum Gasteiger partial charge on any atom is 0.160 e. The number of benzene rings is 2. The van der Waals surface area contributed by atoms with E-state index in [2.05, 4.69) is 28.4 Å². The van der Waals surface area contributed by atoms with E-state index in [-0.39, 0.29) is 6.04 Å². The highest BCUT2D eigenvalue weighted by Crippen LogP contribution is 2.27. The van der Waals surface area contributed by atoms with E-state index >= 15 is 0 Å². The lowest BCUT2D eigenvalue weighted by Gasteiger charge is -2.33. The third-order valence-corrected chi connectivity index (χ3v) is 4.96. The minimum absolute atomic E-state index is 0.247. The summed E-state index contributed by atoms with van der Waals surface area (Å²) in [5.41, 5.74) is 3.24. The van der Waals surface area contributed by atoms with Crippen LogP contribution in [0, 0.1) is 11.6 Å². The molecule has 25 heavy (non-hydrogen) atoms. The summed E-state index contributed by atoms with van der Waals surface area (Å²) < 4.78 is 32.0. The SMILES string of the molecule is Fc1ccc(N[C@H]2CCCN(Cc3ccc4c(c3)CCO4)C2)cc1F. The number of fused-ring (bicyclic) bond motifs is 1. The molecule has 5 heteroatoms. The van der Waals surface area contributed by atoms with Crippen molar-refractivity contribution in [3.63, 3.8) is 0 Å². The average molecular weight is 344 g/mol. The summed E-state index contributed by atoms with van der Waals surface area (Å²) in [6.45, 7) is 3.64. The second-order valence-corrected chi connectivity index (χ2v) is 6.89. The molecule has 2 heterocycles. The highest BCUT2D eigenvalue weighted by Gasteiger charge is 2.21. The zero-order chi connectivity index (χ0) is 17.2. The van der Waals surface area contributed by atoms with Crippen molar-refractivity contribution < 1.29 is 13.5 Å². The number of anilines is 1. The molecule has 0 bridgehead atoms. The van der Waals surface area contributed by atoms with Crippen molar-refractivity contribution in [2.75, 3.05) is 25.0 Å². The normalized spacial score (nSPS) is 20.2. The molecule has 4 rings (SSSR count). The first-order chi connectivity index (χ1) is 12.2. The highest BCUT2D eigenvalue weighted by molar-refractivity contribution is 5.44. The molecule has 1 N–H and O–H groups in total. The van der Waals surface area contributed by atoms with Crippen LogP contribution in [0.3, 0.4) is 0 Å². The number of rotatable bonds is 4. The van der Waals surface area contributed by atoms with Crippen LogP contribution < -0.4 is 10.1 Å². The van der Waals surface area contributed by atoms with Crippen LogP contribution in [0.2, 0.25) is 0 Å². The van der Waals surface area contributed by atoms with Crippen LogP contribution in [-0.4, -0.2) is 30.6 Å². The van der Waals surface area contributed by atoms with Gasteiger partial charge in [0.1, 0.15) is 5.75 Å². The van der Waals surface area contributed by atoms with Gasteiger partial charge in [-0.05, 0) is 48.7 Å². The molecular formula is C20H22F2N2O. The van der Waals surface area contributed by atoms with E-state index in [0.29, 0.717) is 5.69 Å². The Balaban J connectivity index is 1.38. The van der Waals surface area contributed by atoms with Crippen LogP contribution in [0.1, 0.15) is 24.0 Å². The van der Waals surface area contributed by atoms with Gasteiger partial charge < -0.3 is 10.1 Å². The Morgan fingerprint density at radius 2 is 2.04 bits per heavy atom. The summed E-state index contributed by atoms with van der Waals surface area (Å²) in [5, 5.41) is 3.34. The van der Waals surface area contributed by atoms with E-state index in [1.165, 1.54) is 23.3 Å². The molecule has 0 spiro atoms. The molecule has 1 saturated heterocycles. The molecule has 1 fully saturated rings. The third-order valence-electron chi connectivity index (χ3n) is 4.96. The van der Waals surface area contributed by atoms with Crippen molar-refractivity contribution in [1.29, 1.82) is 0 Å². The van der Waals surface area contributed by atoms with Crippen molar-refractivity contribution in [1.82, 2.24) is 4.90 Å². The van der Waals surface area contributed by atoms with Gasteiger partial charge in [-0.2, -0.15) is 0 Å². The van der Waals surface area contributed by atoms with Gasteiger partial charge in [-0.3, -0.25) is 4.90 Å². The number of nitrogens with zero attached hydrogens (tertiary/aromatic N) is 1.